The molecule has 1 atom stereocenters. The highest BCUT2D eigenvalue weighted by atomic mass is 79.9. The highest BCUT2D eigenvalue weighted by Crippen LogP contribution is 2.25. The summed E-state index contributed by atoms with van der Waals surface area (Å²) in [5, 5.41) is 12.2. The van der Waals surface area contributed by atoms with Gasteiger partial charge in [-0.1, -0.05) is 46.3 Å². The molecule has 0 saturated heterocycles. The van der Waals surface area contributed by atoms with Gasteiger partial charge in [-0.15, -0.1) is 0 Å². The maximum atomic E-state index is 12.4. The number of halogens is 1. The first-order valence-corrected chi connectivity index (χ1v) is 8.15. The molecule has 1 amide bonds. The third kappa shape index (κ3) is 4.46. The van der Waals surface area contributed by atoms with Gasteiger partial charge in [0.1, 0.15) is 17.4 Å². The van der Waals surface area contributed by atoms with Crippen LogP contribution in [0.5, 0.6) is 5.75 Å². The van der Waals surface area contributed by atoms with Crippen LogP contribution in [0.4, 0.5) is 0 Å². The predicted molar refractivity (Wildman–Crippen MR) is 97.3 cm³/mol. The second-order valence-electron chi connectivity index (χ2n) is 5.16. The van der Waals surface area contributed by atoms with Gasteiger partial charge >= 0.3 is 0 Å². The van der Waals surface area contributed by atoms with E-state index in [-0.39, 0.29) is 11.6 Å². The number of ether oxygens (including phenoxy) is 1. The standard InChI is InChI=1S/C19H17BrN2O2/c1-13(14-6-4-3-5-7-14)22-19(23)16(12-21)10-15-11-17(20)8-9-18(15)24-2/h3-11,13H,1-2H3,(H,22,23)/b16-10+/t13-/m0/s1. The number of nitrogens with one attached hydrogen (secondary N) is 1. The molecule has 2 aromatic rings. The van der Waals surface area contributed by atoms with E-state index in [1.54, 1.807) is 19.2 Å². The first-order valence-electron chi connectivity index (χ1n) is 7.36. The monoisotopic (exact) mass is 384 g/mol. The molecule has 0 aliphatic rings. The summed E-state index contributed by atoms with van der Waals surface area (Å²) in [6.45, 7) is 1.88. The molecule has 0 aliphatic heterocycles. The number of nitrogens with zero attached hydrogens (tertiary/aromatic N) is 1. The molecule has 0 aromatic heterocycles. The van der Waals surface area contributed by atoms with Crippen molar-refractivity contribution in [2.75, 3.05) is 7.11 Å². The Morgan fingerprint density at radius 1 is 1.29 bits per heavy atom. The van der Waals surface area contributed by atoms with E-state index < -0.39 is 5.91 Å². The smallest absolute Gasteiger partial charge is 0.262 e. The van der Waals surface area contributed by atoms with E-state index in [1.807, 2.05) is 49.4 Å². The van der Waals surface area contributed by atoms with Gasteiger partial charge in [-0.2, -0.15) is 5.26 Å². The van der Waals surface area contributed by atoms with E-state index in [9.17, 15) is 10.1 Å². The molecule has 2 rings (SSSR count). The molecule has 0 aliphatic carbocycles. The van der Waals surface area contributed by atoms with Gasteiger partial charge in [-0.3, -0.25) is 4.79 Å². The van der Waals surface area contributed by atoms with E-state index >= 15 is 0 Å². The SMILES string of the molecule is COc1ccc(Br)cc1/C=C(\C#N)C(=O)N[C@@H](C)c1ccccc1. The van der Waals surface area contributed by atoms with Gasteiger partial charge in [0.05, 0.1) is 13.2 Å². The summed E-state index contributed by atoms with van der Waals surface area (Å²) in [5.74, 6) is 0.172. The molecule has 2 aromatic carbocycles. The highest BCUT2D eigenvalue weighted by Gasteiger charge is 2.14. The first kappa shape index (κ1) is 17.8. The minimum Gasteiger partial charge on any atom is -0.496 e. The molecule has 0 radical (unpaired) electrons. The molecule has 122 valence electrons. The van der Waals surface area contributed by atoms with E-state index in [0.29, 0.717) is 11.3 Å². The summed E-state index contributed by atoms with van der Waals surface area (Å²) in [6, 6.07) is 16.8. The van der Waals surface area contributed by atoms with Gasteiger partial charge in [0.25, 0.3) is 5.91 Å². The quantitative estimate of drug-likeness (QED) is 0.619. The third-order valence-corrected chi connectivity index (χ3v) is 4.00. The summed E-state index contributed by atoms with van der Waals surface area (Å²) in [4.78, 5) is 12.4. The number of carbonyl (C=O) groups is 1. The fourth-order valence-corrected chi connectivity index (χ4v) is 2.60. The Hall–Kier alpha value is -2.58. The zero-order valence-corrected chi connectivity index (χ0v) is 15.0. The lowest BCUT2D eigenvalue weighted by molar-refractivity contribution is -0.117. The van der Waals surface area contributed by atoms with Gasteiger partial charge < -0.3 is 10.1 Å². The number of hydrogen-bond donors (Lipinski definition) is 1. The van der Waals surface area contributed by atoms with Crippen LogP contribution in [0, 0.1) is 11.3 Å². The minimum absolute atomic E-state index is 0.0224. The zero-order chi connectivity index (χ0) is 17.5. The fraction of sp³-hybridized carbons (Fsp3) is 0.158. The van der Waals surface area contributed by atoms with E-state index in [4.69, 9.17) is 4.74 Å². The molecule has 4 nitrogen and oxygen atoms in total. The largest absolute Gasteiger partial charge is 0.496 e. The molecule has 5 heteroatoms. The van der Waals surface area contributed by atoms with E-state index in [1.165, 1.54) is 6.08 Å². The van der Waals surface area contributed by atoms with Gasteiger partial charge in [0.2, 0.25) is 0 Å². The molecule has 0 bridgehead atoms. The Labute approximate surface area is 149 Å². The third-order valence-electron chi connectivity index (χ3n) is 3.50. The van der Waals surface area contributed by atoms with Gasteiger partial charge in [-0.25, -0.2) is 0 Å². The lowest BCUT2D eigenvalue weighted by Gasteiger charge is -2.14. The van der Waals surface area contributed by atoms with Crippen LogP contribution < -0.4 is 10.1 Å². The predicted octanol–water partition coefficient (Wildman–Crippen LogP) is 4.24. The summed E-state index contributed by atoms with van der Waals surface area (Å²) < 4.78 is 6.11. The Bertz CT molecular complexity index is 795. The lowest BCUT2D eigenvalue weighted by Crippen LogP contribution is -2.27. The number of carbonyl (C=O) groups excluding carboxylic acids is 1. The fourth-order valence-electron chi connectivity index (χ4n) is 2.22. The molecule has 0 unspecified atom stereocenters. The van der Waals surface area contributed by atoms with Crippen LogP contribution in [0.25, 0.3) is 6.08 Å². The first-order chi connectivity index (χ1) is 11.5. The summed E-state index contributed by atoms with van der Waals surface area (Å²) >= 11 is 3.38. The maximum absolute atomic E-state index is 12.4. The van der Waals surface area contributed by atoms with Crippen molar-refractivity contribution < 1.29 is 9.53 Å². The zero-order valence-electron chi connectivity index (χ0n) is 13.4. The molecular weight excluding hydrogens is 368 g/mol. The average molecular weight is 385 g/mol. The van der Waals surface area contributed by atoms with Crippen LogP contribution in [0.15, 0.2) is 58.6 Å². The molecule has 0 fully saturated rings. The molecular formula is C19H17BrN2O2. The van der Waals surface area contributed by atoms with Crippen molar-refractivity contribution in [2.24, 2.45) is 0 Å². The normalized spacial score (nSPS) is 12.2. The van der Waals surface area contributed by atoms with Crippen molar-refractivity contribution in [1.82, 2.24) is 5.32 Å². The van der Waals surface area contributed by atoms with Crippen molar-refractivity contribution in [3.63, 3.8) is 0 Å². The topological polar surface area (TPSA) is 62.1 Å². The summed E-state index contributed by atoms with van der Waals surface area (Å²) in [5.41, 5.74) is 1.66. The van der Waals surface area contributed by atoms with Crippen LogP contribution in [-0.2, 0) is 4.79 Å². The number of amides is 1. The van der Waals surface area contributed by atoms with Crippen molar-refractivity contribution in [3.8, 4) is 11.8 Å². The molecule has 0 heterocycles. The Kier molecular flexibility index (Phi) is 6.16. The molecule has 0 saturated carbocycles. The summed E-state index contributed by atoms with van der Waals surface area (Å²) in [6.07, 6.45) is 1.52. The number of methoxy groups -OCH3 is 1. The number of nitriles is 1. The number of benzene rings is 2. The van der Waals surface area contributed by atoms with Crippen molar-refractivity contribution in [2.45, 2.75) is 13.0 Å². The Balaban J connectivity index is 2.23. The van der Waals surface area contributed by atoms with E-state index in [0.717, 1.165) is 10.0 Å². The van der Waals surface area contributed by atoms with Gasteiger partial charge in [0, 0.05) is 10.0 Å². The average Bonchev–Trinajstić information content (AvgIpc) is 2.60. The lowest BCUT2D eigenvalue weighted by atomic mass is 10.1. The van der Waals surface area contributed by atoms with Gasteiger partial charge in [-0.05, 0) is 36.8 Å². The molecule has 24 heavy (non-hydrogen) atoms. The minimum atomic E-state index is -0.420. The number of hydrogen-bond acceptors (Lipinski definition) is 3. The van der Waals surface area contributed by atoms with Crippen LogP contribution in [0.2, 0.25) is 0 Å². The van der Waals surface area contributed by atoms with E-state index in [2.05, 4.69) is 21.2 Å². The number of rotatable bonds is 5. The van der Waals surface area contributed by atoms with Crippen LogP contribution in [0.3, 0.4) is 0 Å². The van der Waals surface area contributed by atoms with Crippen molar-refractivity contribution >= 4 is 27.9 Å². The van der Waals surface area contributed by atoms with Crippen LogP contribution in [0.1, 0.15) is 24.1 Å². The second kappa shape index (κ2) is 8.32. The second-order valence-corrected chi connectivity index (χ2v) is 6.08. The molecule has 0 spiro atoms. The Morgan fingerprint density at radius 2 is 2.00 bits per heavy atom. The van der Waals surface area contributed by atoms with Crippen molar-refractivity contribution in [1.29, 1.82) is 5.26 Å². The van der Waals surface area contributed by atoms with Gasteiger partial charge in [0.15, 0.2) is 0 Å². The van der Waals surface area contributed by atoms with Crippen LogP contribution in [-0.4, -0.2) is 13.0 Å². The Morgan fingerprint density at radius 3 is 2.62 bits per heavy atom. The molecule has 1 N–H and O–H groups in total. The van der Waals surface area contributed by atoms with Crippen LogP contribution >= 0.6 is 15.9 Å². The highest BCUT2D eigenvalue weighted by molar-refractivity contribution is 9.10. The van der Waals surface area contributed by atoms with Crippen molar-refractivity contribution in [3.05, 3.63) is 69.7 Å². The maximum Gasteiger partial charge on any atom is 0.262 e. The summed E-state index contributed by atoms with van der Waals surface area (Å²) in [7, 11) is 1.55.